The van der Waals surface area contributed by atoms with Crippen LogP contribution < -0.4 is 10.6 Å². The monoisotopic (exact) mass is 407 g/mol. The Morgan fingerprint density at radius 3 is 2.57 bits per heavy atom. The molecule has 6 heteroatoms. The largest absolute Gasteiger partial charge is 0.356 e. The maximum absolute atomic E-state index is 13.6. The Hall–Kier alpha value is -3.15. The van der Waals surface area contributed by atoms with Gasteiger partial charge in [-0.25, -0.2) is 9.37 Å². The molecule has 2 aromatic carbocycles. The van der Waals surface area contributed by atoms with Crippen LogP contribution in [0.25, 0.3) is 0 Å². The van der Waals surface area contributed by atoms with Gasteiger partial charge in [-0.3, -0.25) is 4.99 Å². The number of aryl methyl sites for hydroxylation is 1. The van der Waals surface area contributed by atoms with E-state index in [1.807, 2.05) is 25.4 Å². The van der Waals surface area contributed by atoms with E-state index in [1.54, 1.807) is 19.2 Å². The van der Waals surface area contributed by atoms with Crippen LogP contribution in [0.15, 0.2) is 65.9 Å². The molecule has 0 unspecified atom stereocenters. The van der Waals surface area contributed by atoms with E-state index in [9.17, 15) is 4.39 Å². The van der Waals surface area contributed by atoms with E-state index in [0.717, 1.165) is 23.9 Å². The molecule has 3 aromatic rings. The highest BCUT2D eigenvalue weighted by Gasteiger charge is 2.21. The van der Waals surface area contributed by atoms with Crippen molar-refractivity contribution in [2.45, 2.75) is 39.3 Å². The van der Waals surface area contributed by atoms with Crippen molar-refractivity contribution in [2.24, 2.45) is 4.99 Å². The van der Waals surface area contributed by atoms with Gasteiger partial charge in [0.25, 0.3) is 0 Å². The van der Waals surface area contributed by atoms with Crippen molar-refractivity contribution in [1.29, 1.82) is 0 Å². The molecular formula is C24H30FN5. The molecule has 0 atom stereocenters. The SMILES string of the molecule is CN=C(NCc1cccc(Cn2ccnc2C)c1)NCC(C)(C)c1cccc(F)c1. The van der Waals surface area contributed by atoms with Crippen LogP contribution in [-0.4, -0.2) is 29.1 Å². The number of aromatic nitrogens is 2. The van der Waals surface area contributed by atoms with Crippen LogP contribution in [0.1, 0.15) is 36.4 Å². The average molecular weight is 408 g/mol. The van der Waals surface area contributed by atoms with Crippen molar-refractivity contribution >= 4 is 5.96 Å². The minimum absolute atomic E-state index is 0.214. The lowest BCUT2D eigenvalue weighted by Crippen LogP contribution is -2.43. The molecule has 2 N–H and O–H groups in total. The van der Waals surface area contributed by atoms with Gasteiger partial charge < -0.3 is 15.2 Å². The van der Waals surface area contributed by atoms with Crippen molar-refractivity contribution in [2.75, 3.05) is 13.6 Å². The quantitative estimate of drug-likeness (QED) is 0.459. The molecular weight excluding hydrogens is 377 g/mol. The Morgan fingerprint density at radius 2 is 1.87 bits per heavy atom. The molecule has 0 saturated heterocycles. The molecule has 0 aliphatic heterocycles. The third kappa shape index (κ3) is 5.69. The van der Waals surface area contributed by atoms with Crippen LogP contribution >= 0.6 is 0 Å². The molecule has 0 fully saturated rings. The Kier molecular flexibility index (Phi) is 6.87. The molecule has 0 spiro atoms. The molecule has 0 radical (unpaired) electrons. The number of rotatable bonds is 7. The smallest absolute Gasteiger partial charge is 0.191 e. The van der Waals surface area contributed by atoms with Gasteiger partial charge in [0.15, 0.2) is 5.96 Å². The lowest BCUT2D eigenvalue weighted by Gasteiger charge is -2.27. The number of nitrogens with one attached hydrogen (secondary N) is 2. The van der Waals surface area contributed by atoms with Crippen LogP contribution in [-0.2, 0) is 18.5 Å². The first-order valence-corrected chi connectivity index (χ1v) is 10.1. The molecule has 5 nitrogen and oxygen atoms in total. The molecule has 1 aromatic heterocycles. The minimum Gasteiger partial charge on any atom is -0.356 e. The van der Waals surface area contributed by atoms with Crippen molar-refractivity contribution in [3.8, 4) is 0 Å². The number of hydrogen-bond donors (Lipinski definition) is 2. The van der Waals surface area contributed by atoms with Gasteiger partial charge in [0, 0.05) is 44.5 Å². The van der Waals surface area contributed by atoms with Crippen LogP contribution in [0.3, 0.4) is 0 Å². The lowest BCUT2D eigenvalue weighted by molar-refractivity contribution is 0.503. The van der Waals surface area contributed by atoms with E-state index < -0.39 is 0 Å². The summed E-state index contributed by atoms with van der Waals surface area (Å²) in [5, 5.41) is 6.72. The predicted octanol–water partition coefficient (Wildman–Crippen LogP) is 4.02. The number of guanidine groups is 1. The highest BCUT2D eigenvalue weighted by molar-refractivity contribution is 5.79. The van der Waals surface area contributed by atoms with E-state index >= 15 is 0 Å². The fraction of sp³-hybridized carbons (Fsp3) is 0.333. The Balaban J connectivity index is 1.56. The summed E-state index contributed by atoms with van der Waals surface area (Å²) in [4.78, 5) is 8.60. The maximum Gasteiger partial charge on any atom is 0.191 e. The second-order valence-corrected chi connectivity index (χ2v) is 8.10. The number of aliphatic imine (C=N–C) groups is 1. The standard InChI is InChI=1S/C24H30FN5/c1-18-27-11-12-30(18)16-20-8-5-7-19(13-20)15-28-23(26-4)29-17-24(2,3)21-9-6-10-22(25)14-21/h5-14H,15-17H2,1-4H3,(H2,26,28,29). The van der Waals surface area contributed by atoms with E-state index in [-0.39, 0.29) is 11.2 Å². The van der Waals surface area contributed by atoms with Gasteiger partial charge in [-0.05, 0) is 35.7 Å². The van der Waals surface area contributed by atoms with E-state index in [0.29, 0.717) is 13.1 Å². The van der Waals surface area contributed by atoms with Gasteiger partial charge in [0.05, 0.1) is 0 Å². The molecule has 1 heterocycles. The van der Waals surface area contributed by atoms with Gasteiger partial charge in [-0.15, -0.1) is 0 Å². The molecule has 158 valence electrons. The summed E-state index contributed by atoms with van der Waals surface area (Å²) in [6, 6.07) is 15.2. The van der Waals surface area contributed by atoms with E-state index in [2.05, 4.69) is 63.3 Å². The normalized spacial score (nSPS) is 12.1. The van der Waals surface area contributed by atoms with Crippen LogP contribution in [0.2, 0.25) is 0 Å². The molecule has 0 saturated carbocycles. The zero-order valence-corrected chi connectivity index (χ0v) is 18.1. The number of hydrogen-bond acceptors (Lipinski definition) is 2. The molecule has 3 rings (SSSR count). The minimum atomic E-state index is -0.234. The first-order chi connectivity index (χ1) is 14.4. The summed E-state index contributed by atoms with van der Waals surface area (Å²) in [6.07, 6.45) is 3.81. The fourth-order valence-corrected chi connectivity index (χ4v) is 3.33. The summed E-state index contributed by atoms with van der Waals surface area (Å²) < 4.78 is 15.7. The van der Waals surface area contributed by atoms with Crippen molar-refractivity contribution in [1.82, 2.24) is 20.2 Å². The molecule has 30 heavy (non-hydrogen) atoms. The van der Waals surface area contributed by atoms with Crippen molar-refractivity contribution in [3.05, 3.63) is 89.3 Å². The third-order valence-corrected chi connectivity index (χ3v) is 5.26. The highest BCUT2D eigenvalue weighted by Crippen LogP contribution is 2.22. The second kappa shape index (κ2) is 9.57. The van der Waals surface area contributed by atoms with Crippen molar-refractivity contribution < 1.29 is 4.39 Å². The summed E-state index contributed by atoms with van der Waals surface area (Å²) in [5.74, 6) is 1.51. The number of imidazole rings is 1. The lowest BCUT2D eigenvalue weighted by atomic mass is 9.84. The Morgan fingerprint density at radius 1 is 1.10 bits per heavy atom. The summed E-state index contributed by atoms with van der Waals surface area (Å²) >= 11 is 0. The highest BCUT2D eigenvalue weighted by atomic mass is 19.1. The van der Waals surface area contributed by atoms with Gasteiger partial charge in [-0.2, -0.15) is 0 Å². The topological polar surface area (TPSA) is 54.2 Å². The predicted molar refractivity (Wildman–Crippen MR) is 120 cm³/mol. The van der Waals surface area contributed by atoms with Crippen LogP contribution in [0.5, 0.6) is 0 Å². The molecule has 0 aliphatic rings. The third-order valence-electron chi connectivity index (χ3n) is 5.26. The first kappa shape index (κ1) is 21.6. The second-order valence-electron chi connectivity index (χ2n) is 8.10. The summed E-state index contributed by atoms with van der Waals surface area (Å²) in [5.41, 5.74) is 3.12. The van der Waals surface area contributed by atoms with E-state index in [4.69, 9.17) is 0 Å². The fourth-order valence-electron chi connectivity index (χ4n) is 3.33. The van der Waals surface area contributed by atoms with Gasteiger partial charge in [-0.1, -0.05) is 50.2 Å². The zero-order chi connectivity index (χ0) is 21.6. The zero-order valence-electron chi connectivity index (χ0n) is 18.1. The number of nitrogens with zero attached hydrogens (tertiary/aromatic N) is 3. The van der Waals surface area contributed by atoms with Gasteiger partial charge >= 0.3 is 0 Å². The van der Waals surface area contributed by atoms with Crippen LogP contribution in [0.4, 0.5) is 4.39 Å². The average Bonchev–Trinajstić information content (AvgIpc) is 3.13. The number of halogens is 1. The van der Waals surface area contributed by atoms with Crippen molar-refractivity contribution in [3.63, 3.8) is 0 Å². The molecule has 0 amide bonds. The summed E-state index contributed by atoms with van der Waals surface area (Å²) in [7, 11) is 1.75. The first-order valence-electron chi connectivity index (χ1n) is 10.1. The van der Waals surface area contributed by atoms with Gasteiger partial charge in [0.2, 0.25) is 0 Å². The van der Waals surface area contributed by atoms with Gasteiger partial charge in [0.1, 0.15) is 11.6 Å². The van der Waals surface area contributed by atoms with Crippen LogP contribution in [0, 0.1) is 12.7 Å². The molecule has 0 bridgehead atoms. The summed E-state index contributed by atoms with van der Waals surface area (Å²) in [6.45, 7) is 8.28. The molecule has 0 aliphatic carbocycles. The Bertz CT molecular complexity index is 1010. The Labute approximate surface area is 178 Å². The van der Waals surface area contributed by atoms with E-state index in [1.165, 1.54) is 17.2 Å². The maximum atomic E-state index is 13.6. The number of benzene rings is 2.